The summed E-state index contributed by atoms with van der Waals surface area (Å²) in [6, 6.07) is 2.98. The number of nitrogens with two attached hydrogens (primary N) is 1. The molecule has 0 spiro atoms. The highest BCUT2D eigenvalue weighted by Crippen LogP contribution is 2.36. The Hall–Kier alpha value is -1.78. The molecule has 1 atom stereocenters. The van der Waals surface area contributed by atoms with Gasteiger partial charge < -0.3 is 16.2 Å². The molecule has 2 rings (SSSR count). The molecule has 1 aromatic rings. The van der Waals surface area contributed by atoms with E-state index in [1.165, 1.54) is 18.9 Å². The normalized spacial score (nSPS) is 16.5. The largest absolute Gasteiger partial charge is 0.477 e. The molecule has 92 valence electrons. The molecule has 4 N–H and O–H groups in total. The van der Waals surface area contributed by atoms with Crippen molar-refractivity contribution in [2.45, 2.75) is 19.8 Å². The van der Waals surface area contributed by atoms with E-state index in [-0.39, 0.29) is 5.69 Å². The molecule has 5 nitrogen and oxygen atoms in total. The van der Waals surface area contributed by atoms with Crippen molar-refractivity contribution in [1.82, 2.24) is 4.98 Å². The Morgan fingerprint density at radius 3 is 2.94 bits per heavy atom. The number of rotatable bonds is 5. The van der Waals surface area contributed by atoms with Gasteiger partial charge in [-0.2, -0.15) is 0 Å². The molecule has 17 heavy (non-hydrogen) atoms. The molecule has 1 aliphatic rings. The summed E-state index contributed by atoms with van der Waals surface area (Å²) in [4.78, 5) is 14.8. The van der Waals surface area contributed by atoms with Crippen molar-refractivity contribution in [3.8, 4) is 0 Å². The monoisotopic (exact) mass is 235 g/mol. The van der Waals surface area contributed by atoms with Crippen molar-refractivity contribution in [1.29, 1.82) is 0 Å². The van der Waals surface area contributed by atoms with E-state index in [1.807, 2.05) is 0 Å². The number of hydrogen-bond acceptors (Lipinski definition) is 4. The number of nitrogens with zero attached hydrogens (tertiary/aromatic N) is 1. The van der Waals surface area contributed by atoms with Gasteiger partial charge in [0.1, 0.15) is 5.82 Å². The fourth-order valence-corrected chi connectivity index (χ4v) is 1.82. The van der Waals surface area contributed by atoms with Crippen LogP contribution >= 0.6 is 0 Å². The Balaban J connectivity index is 2.02. The zero-order valence-corrected chi connectivity index (χ0v) is 9.81. The zero-order chi connectivity index (χ0) is 12.4. The minimum Gasteiger partial charge on any atom is -0.477 e. The van der Waals surface area contributed by atoms with Crippen LogP contribution in [0.4, 0.5) is 11.5 Å². The molecule has 0 aromatic carbocycles. The molecule has 0 amide bonds. The number of carboxylic acid groups (broad SMARTS) is 1. The van der Waals surface area contributed by atoms with Crippen LogP contribution < -0.4 is 11.1 Å². The average molecular weight is 235 g/mol. The second kappa shape index (κ2) is 4.61. The summed E-state index contributed by atoms with van der Waals surface area (Å²) in [6.45, 7) is 2.97. The number of pyridine rings is 1. The number of carbonyl (C=O) groups is 1. The number of aromatic nitrogens is 1. The van der Waals surface area contributed by atoms with E-state index in [1.54, 1.807) is 6.07 Å². The van der Waals surface area contributed by atoms with Gasteiger partial charge in [0, 0.05) is 6.54 Å². The Labute approximate surface area is 100 Å². The highest BCUT2D eigenvalue weighted by molar-refractivity contribution is 5.86. The molecule has 1 aromatic heterocycles. The van der Waals surface area contributed by atoms with Crippen LogP contribution in [0.5, 0.6) is 0 Å². The second-order valence-electron chi connectivity index (χ2n) is 4.64. The Morgan fingerprint density at radius 1 is 1.65 bits per heavy atom. The maximum absolute atomic E-state index is 10.8. The summed E-state index contributed by atoms with van der Waals surface area (Å²) in [6.07, 6.45) is 2.59. The first-order valence-corrected chi connectivity index (χ1v) is 5.81. The number of nitrogen functional groups attached to an aromatic ring is 1. The minimum absolute atomic E-state index is 0.0146. The predicted molar refractivity (Wildman–Crippen MR) is 66.0 cm³/mol. The van der Waals surface area contributed by atoms with Crippen LogP contribution in [0.3, 0.4) is 0 Å². The van der Waals surface area contributed by atoms with Gasteiger partial charge in [0.05, 0.1) is 5.69 Å². The van der Waals surface area contributed by atoms with E-state index in [9.17, 15) is 4.79 Å². The quantitative estimate of drug-likeness (QED) is 0.724. The summed E-state index contributed by atoms with van der Waals surface area (Å²) in [5.41, 5.74) is 6.25. The van der Waals surface area contributed by atoms with Crippen LogP contribution in [0.15, 0.2) is 12.1 Å². The third kappa shape index (κ3) is 2.87. The summed E-state index contributed by atoms with van der Waals surface area (Å²) >= 11 is 0. The molecule has 0 saturated heterocycles. The smallest absolute Gasteiger partial charge is 0.354 e. The third-order valence-corrected chi connectivity index (χ3v) is 3.16. The molecular weight excluding hydrogens is 218 g/mol. The standard InChI is InChI=1S/C12H17N3O2/c1-7(8-2-3-8)6-14-11-9(13)4-5-10(15-11)12(16)17/h4-5,7-8H,2-3,6,13H2,1H3,(H,14,15)(H,16,17). The molecule has 0 bridgehead atoms. The molecule has 1 heterocycles. The lowest BCUT2D eigenvalue weighted by Crippen LogP contribution is -2.16. The van der Waals surface area contributed by atoms with Gasteiger partial charge >= 0.3 is 5.97 Å². The van der Waals surface area contributed by atoms with Crippen molar-refractivity contribution < 1.29 is 9.90 Å². The maximum Gasteiger partial charge on any atom is 0.354 e. The fourth-order valence-electron chi connectivity index (χ4n) is 1.82. The lowest BCUT2D eigenvalue weighted by molar-refractivity contribution is 0.0690. The number of carboxylic acids is 1. The first kappa shape index (κ1) is 11.7. The number of nitrogens with one attached hydrogen (secondary N) is 1. The summed E-state index contributed by atoms with van der Waals surface area (Å²) in [7, 11) is 0. The molecule has 0 radical (unpaired) electrons. The van der Waals surface area contributed by atoms with Crippen LogP contribution in [0.2, 0.25) is 0 Å². The SMILES string of the molecule is CC(CNc1nc(C(=O)O)ccc1N)C1CC1. The average Bonchev–Trinajstić information content (AvgIpc) is 3.11. The number of hydrogen-bond donors (Lipinski definition) is 3. The molecule has 5 heteroatoms. The second-order valence-corrected chi connectivity index (χ2v) is 4.64. The van der Waals surface area contributed by atoms with Crippen molar-refractivity contribution >= 4 is 17.5 Å². The zero-order valence-electron chi connectivity index (χ0n) is 9.81. The minimum atomic E-state index is -1.04. The molecule has 1 saturated carbocycles. The Morgan fingerprint density at radius 2 is 2.35 bits per heavy atom. The lowest BCUT2D eigenvalue weighted by Gasteiger charge is -2.13. The van der Waals surface area contributed by atoms with Gasteiger partial charge in [-0.25, -0.2) is 9.78 Å². The van der Waals surface area contributed by atoms with E-state index in [4.69, 9.17) is 10.8 Å². The van der Waals surface area contributed by atoms with E-state index < -0.39 is 5.97 Å². The van der Waals surface area contributed by atoms with Crippen molar-refractivity contribution in [2.24, 2.45) is 11.8 Å². The van der Waals surface area contributed by atoms with Crippen molar-refractivity contribution in [2.75, 3.05) is 17.6 Å². The van der Waals surface area contributed by atoms with E-state index in [0.717, 1.165) is 12.5 Å². The van der Waals surface area contributed by atoms with Crippen molar-refractivity contribution in [3.05, 3.63) is 17.8 Å². The van der Waals surface area contributed by atoms with Gasteiger partial charge in [-0.3, -0.25) is 0 Å². The highest BCUT2D eigenvalue weighted by Gasteiger charge is 2.27. The molecule has 1 fully saturated rings. The Kier molecular flexibility index (Phi) is 3.17. The number of anilines is 2. The van der Waals surface area contributed by atoms with Crippen molar-refractivity contribution in [3.63, 3.8) is 0 Å². The van der Waals surface area contributed by atoms with Crippen LogP contribution in [0.25, 0.3) is 0 Å². The highest BCUT2D eigenvalue weighted by atomic mass is 16.4. The fraction of sp³-hybridized carbons (Fsp3) is 0.500. The van der Waals surface area contributed by atoms with Gasteiger partial charge in [0.2, 0.25) is 0 Å². The van der Waals surface area contributed by atoms with Crippen LogP contribution in [-0.4, -0.2) is 22.6 Å². The maximum atomic E-state index is 10.8. The molecule has 0 aliphatic heterocycles. The van der Waals surface area contributed by atoms with E-state index in [0.29, 0.717) is 17.4 Å². The van der Waals surface area contributed by atoms with Crippen LogP contribution in [0.1, 0.15) is 30.3 Å². The Bertz CT molecular complexity index is 430. The molecule has 1 unspecified atom stereocenters. The van der Waals surface area contributed by atoms with Gasteiger partial charge in [0.25, 0.3) is 0 Å². The van der Waals surface area contributed by atoms with Gasteiger partial charge in [-0.15, -0.1) is 0 Å². The molecule has 1 aliphatic carbocycles. The van der Waals surface area contributed by atoms with Gasteiger partial charge in [-0.1, -0.05) is 6.92 Å². The van der Waals surface area contributed by atoms with Gasteiger partial charge in [-0.05, 0) is 36.8 Å². The first-order chi connectivity index (χ1) is 8.08. The molecular formula is C12H17N3O2. The lowest BCUT2D eigenvalue weighted by atomic mass is 10.1. The van der Waals surface area contributed by atoms with Crippen LogP contribution in [-0.2, 0) is 0 Å². The summed E-state index contributed by atoms with van der Waals surface area (Å²) in [5, 5.41) is 12.0. The van der Waals surface area contributed by atoms with Crippen LogP contribution in [0, 0.1) is 11.8 Å². The first-order valence-electron chi connectivity index (χ1n) is 5.81. The predicted octanol–water partition coefficient (Wildman–Crippen LogP) is 1.82. The summed E-state index contributed by atoms with van der Waals surface area (Å²) < 4.78 is 0. The summed E-state index contributed by atoms with van der Waals surface area (Å²) in [5.74, 6) is 0.803. The topological polar surface area (TPSA) is 88.2 Å². The van der Waals surface area contributed by atoms with E-state index >= 15 is 0 Å². The van der Waals surface area contributed by atoms with Gasteiger partial charge in [0.15, 0.2) is 5.69 Å². The number of aromatic carboxylic acids is 1. The van der Waals surface area contributed by atoms with E-state index in [2.05, 4.69) is 17.2 Å². The third-order valence-electron chi connectivity index (χ3n) is 3.16.